The van der Waals surface area contributed by atoms with Crippen LogP contribution in [0, 0.1) is 11.3 Å². The van der Waals surface area contributed by atoms with Crippen LogP contribution in [-0.4, -0.2) is 22.3 Å². The van der Waals surface area contributed by atoms with Crippen LogP contribution in [0.4, 0.5) is 5.69 Å². The Hall–Kier alpha value is -2.06. The first kappa shape index (κ1) is 12.4. The van der Waals surface area contributed by atoms with Crippen LogP contribution in [-0.2, 0) is 0 Å². The summed E-state index contributed by atoms with van der Waals surface area (Å²) in [6, 6.07) is 7.88. The van der Waals surface area contributed by atoms with Crippen LogP contribution in [0.1, 0.15) is 5.56 Å². The molecule has 1 N–H and O–H groups in total. The molecule has 2 aromatic rings. The SMILES string of the molecule is N#Cc1cnccc1NCCSc1cccnc1. The first-order valence-corrected chi connectivity index (χ1v) is 6.49. The standard InChI is InChI=1S/C13H12N4S/c14-8-11-9-16-5-3-13(11)17-6-7-18-12-2-1-4-15-10-12/h1-5,9-10H,6-7H2,(H,16,17). The average Bonchev–Trinajstić information content (AvgIpc) is 2.45. The highest BCUT2D eigenvalue weighted by atomic mass is 32.2. The van der Waals surface area contributed by atoms with E-state index in [1.54, 1.807) is 30.4 Å². The van der Waals surface area contributed by atoms with E-state index in [-0.39, 0.29) is 0 Å². The number of anilines is 1. The highest BCUT2D eigenvalue weighted by Crippen LogP contribution is 2.16. The van der Waals surface area contributed by atoms with Gasteiger partial charge in [0.2, 0.25) is 0 Å². The van der Waals surface area contributed by atoms with Crippen molar-refractivity contribution in [3.8, 4) is 6.07 Å². The van der Waals surface area contributed by atoms with E-state index in [0.29, 0.717) is 5.56 Å². The van der Waals surface area contributed by atoms with Gasteiger partial charge in [-0.1, -0.05) is 0 Å². The predicted octanol–water partition coefficient (Wildman–Crippen LogP) is 2.55. The summed E-state index contributed by atoms with van der Waals surface area (Å²) in [5.41, 5.74) is 1.41. The van der Waals surface area contributed by atoms with Crippen LogP contribution >= 0.6 is 11.8 Å². The molecule has 0 aliphatic carbocycles. The van der Waals surface area contributed by atoms with Gasteiger partial charge in [-0.05, 0) is 18.2 Å². The van der Waals surface area contributed by atoms with Gasteiger partial charge in [-0.2, -0.15) is 5.26 Å². The first-order chi connectivity index (χ1) is 8.90. The van der Waals surface area contributed by atoms with Gasteiger partial charge in [-0.15, -0.1) is 11.8 Å². The fourth-order valence-corrected chi connectivity index (χ4v) is 2.17. The topological polar surface area (TPSA) is 61.6 Å². The molecule has 0 radical (unpaired) electrons. The minimum Gasteiger partial charge on any atom is -0.383 e. The number of rotatable bonds is 5. The molecule has 2 rings (SSSR count). The summed E-state index contributed by atoms with van der Waals surface area (Å²) < 4.78 is 0. The average molecular weight is 256 g/mol. The van der Waals surface area contributed by atoms with E-state index in [1.165, 1.54) is 0 Å². The number of pyridine rings is 2. The third kappa shape index (κ3) is 3.47. The lowest BCUT2D eigenvalue weighted by molar-refractivity contribution is 1.19. The van der Waals surface area contributed by atoms with Gasteiger partial charge in [0, 0.05) is 42.0 Å². The van der Waals surface area contributed by atoms with Gasteiger partial charge in [0.25, 0.3) is 0 Å². The molecular weight excluding hydrogens is 244 g/mol. The number of nitrogens with zero attached hydrogens (tertiary/aromatic N) is 3. The quantitative estimate of drug-likeness (QED) is 0.658. The molecule has 0 amide bonds. The van der Waals surface area contributed by atoms with E-state index in [9.17, 15) is 0 Å². The van der Waals surface area contributed by atoms with Crippen molar-refractivity contribution in [3.63, 3.8) is 0 Å². The Morgan fingerprint density at radius 1 is 1.22 bits per heavy atom. The molecule has 90 valence electrons. The lowest BCUT2D eigenvalue weighted by Crippen LogP contribution is -2.05. The maximum atomic E-state index is 8.91. The zero-order valence-corrected chi connectivity index (χ0v) is 10.5. The van der Waals surface area contributed by atoms with Crippen molar-refractivity contribution >= 4 is 17.4 Å². The number of hydrogen-bond acceptors (Lipinski definition) is 5. The summed E-state index contributed by atoms with van der Waals surface area (Å²) in [7, 11) is 0. The maximum absolute atomic E-state index is 8.91. The van der Waals surface area contributed by atoms with Crippen LogP contribution in [0.15, 0.2) is 47.9 Å². The van der Waals surface area contributed by atoms with Crippen LogP contribution in [0.3, 0.4) is 0 Å². The number of nitrogens with one attached hydrogen (secondary N) is 1. The van der Waals surface area contributed by atoms with E-state index < -0.39 is 0 Å². The van der Waals surface area contributed by atoms with E-state index in [2.05, 4.69) is 21.4 Å². The van der Waals surface area contributed by atoms with Crippen molar-refractivity contribution < 1.29 is 0 Å². The summed E-state index contributed by atoms with van der Waals surface area (Å²) in [6.07, 6.45) is 6.85. The minimum absolute atomic E-state index is 0.573. The summed E-state index contributed by atoms with van der Waals surface area (Å²) in [5.74, 6) is 0.916. The molecule has 0 bridgehead atoms. The smallest absolute Gasteiger partial charge is 0.103 e. The Morgan fingerprint density at radius 3 is 2.89 bits per heavy atom. The van der Waals surface area contributed by atoms with Crippen LogP contribution in [0.2, 0.25) is 0 Å². The van der Waals surface area contributed by atoms with E-state index >= 15 is 0 Å². The Balaban J connectivity index is 1.81. The monoisotopic (exact) mass is 256 g/mol. The van der Waals surface area contributed by atoms with Gasteiger partial charge >= 0.3 is 0 Å². The molecular formula is C13H12N4S. The molecule has 2 heterocycles. The van der Waals surface area contributed by atoms with E-state index in [0.717, 1.165) is 22.9 Å². The molecule has 0 aliphatic heterocycles. The summed E-state index contributed by atoms with van der Waals surface area (Å²) in [4.78, 5) is 9.12. The lowest BCUT2D eigenvalue weighted by Gasteiger charge is -2.07. The second-order valence-electron chi connectivity index (χ2n) is 3.50. The van der Waals surface area contributed by atoms with Gasteiger partial charge in [0.1, 0.15) is 6.07 Å². The van der Waals surface area contributed by atoms with Crippen molar-refractivity contribution in [3.05, 3.63) is 48.5 Å². The molecule has 0 unspecified atom stereocenters. The molecule has 0 saturated heterocycles. The largest absolute Gasteiger partial charge is 0.383 e. The fourth-order valence-electron chi connectivity index (χ4n) is 1.42. The third-order valence-electron chi connectivity index (χ3n) is 2.26. The van der Waals surface area contributed by atoms with E-state index in [1.807, 2.05) is 24.4 Å². The van der Waals surface area contributed by atoms with Crippen molar-refractivity contribution in [2.24, 2.45) is 0 Å². The Morgan fingerprint density at radius 2 is 2.11 bits per heavy atom. The van der Waals surface area contributed by atoms with Crippen LogP contribution in [0.25, 0.3) is 0 Å². The second kappa shape index (κ2) is 6.62. The van der Waals surface area contributed by atoms with Gasteiger partial charge in [-0.3, -0.25) is 9.97 Å². The van der Waals surface area contributed by atoms with Gasteiger partial charge in [0.15, 0.2) is 0 Å². The molecule has 0 fully saturated rings. The number of thioether (sulfide) groups is 1. The lowest BCUT2D eigenvalue weighted by atomic mass is 10.2. The maximum Gasteiger partial charge on any atom is 0.103 e. The molecule has 0 saturated carbocycles. The summed E-state index contributed by atoms with van der Waals surface area (Å²) in [5, 5.41) is 12.1. The van der Waals surface area contributed by atoms with Crippen molar-refractivity contribution in [2.45, 2.75) is 4.90 Å². The molecule has 4 nitrogen and oxygen atoms in total. The number of nitriles is 1. The molecule has 2 aromatic heterocycles. The molecule has 18 heavy (non-hydrogen) atoms. The Kier molecular flexibility index (Phi) is 4.56. The Labute approximate surface area is 110 Å². The fraction of sp³-hybridized carbons (Fsp3) is 0.154. The molecule has 0 aromatic carbocycles. The molecule has 0 spiro atoms. The molecule has 5 heteroatoms. The molecule has 0 aliphatic rings. The van der Waals surface area contributed by atoms with Crippen molar-refractivity contribution in [2.75, 3.05) is 17.6 Å². The minimum atomic E-state index is 0.573. The van der Waals surface area contributed by atoms with E-state index in [4.69, 9.17) is 5.26 Å². The zero-order chi connectivity index (χ0) is 12.6. The van der Waals surface area contributed by atoms with Gasteiger partial charge < -0.3 is 5.32 Å². The van der Waals surface area contributed by atoms with Crippen molar-refractivity contribution in [1.29, 1.82) is 5.26 Å². The molecule has 0 atom stereocenters. The Bertz CT molecular complexity index is 536. The third-order valence-corrected chi connectivity index (χ3v) is 3.25. The second-order valence-corrected chi connectivity index (χ2v) is 4.67. The summed E-state index contributed by atoms with van der Waals surface area (Å²) in [6.45, 7) is 0.790. The highest BCUT2D eigenvalue weighted by Gasteiger charge is 2.00. The number of aromatic nitrogens is 2. The van der Waals surface area contributed by atoms with Crippen LogP contribution < -0.4 is 5.32 Å². The first-order valence-electron chi connectivity index (χ1n) is 5.51. The number of hydrogen-bond donors (Lipinski definition) is 1. The summed E-state index contributed by atoms with van der Waals surface area (Å²) >= 11 is 1.73. The van der Waals surface area contributed by atoms with Gasteiger partial charge in [-0.25, -0.2) is 0 Å². The predicted molar refractivity (Wildman–Crippen MR) is 72.4 cm³/mol. The van der Waals surface area contributed by atoms with Gasteiger partial charge in [0.05, 0.1) is 11.3 Å². The van der Waals surface area contributed by atoms with Crippen molar-refractivity contribution in [1.82, 2.24) is 9.97 Å². The highest BCUT2D eigenvalue weighted by molar-refractivity contribution is 7.99. The van der Waals surface area contributed by atoms with Crippen LogP contribution in [0.5, 0.6) is 0 Å². The normalized spacial score (nSPS) is 9.72. The zero-order valence-electron chi connectivity index (χ0n) is 9.71.